The van der Waals surface area contributed by atoms with Gasteiger partial charge in [-0.05, 0) is 34.7 Å². The monoisotopic (exact) mass is 550 g/mol. The molecule has 0 unspecified atom stereocenters. The van der Waals surface area contributed by atoms with Crippen LogP contribution in [0.3, 0.4) is 0 Å². The summed E-state index contributed by atoms with van der Waals surface area (Å²) >= 11 is 0. The summed E-state index contributed by atoms with van der Waals surface area (Å²) in [6.07, 6.45) is 2.19. The fraction of sp³-hybridized carbons (Fsp3) is 0.143. The zero-order valence-corrected chi connectivity index (χ0v) is 23.3. The van der Waals surface area contributed by atoms with Gasteiger partial charge in [0.15, 0.2) is 5.75 Å². The van der Waals surface area contributed by atoms with E-state index in [9.17, 15) is 9.59 Å². The van der Waals surface area contributed by atoms with Crippen molar-refractivity contribution in [2.24, 2.45) is 0 Å². The summed E-state index contributed by atoms with van der Waals surface area (Å²) in [7, 11) is 0. The molecule has 0 saturated carbocycles. The van der Waals surface area contributed by atoms with Crippen LogP contribution in [-0.4, -0.2) is 25.2 Å². The van der Waals surface area contributed by atoms with Crippen molar-refractivity contribution in [2.75, 3.05) is 13.2 Å². The van der Waals surface area contributed by atoms with Gasteiger partial charge < -0.3 is 9.47 Å². The summed E-state index contributed by atoms with van der Waals surface area (Å²) in [6.45, 7) is 11.5. The van der Waals surface area contributed by atoms with E-state index in [4.69, 9.17) is 14.4 Å². The second-order valence-corrected chi connectivity index (χ2v) is 9.04. The maximum atomic E-state index is 11.0. The van der Waals surface area contributed by atoms with Crippen LogP contribution >= 0.6 is 0 Å². The maximum absolute atomic E-state index is 11.0. The van der Waals surface area contributed by atoms with Crippen molar-refractivity contribution >= 4 is 11.9 Å². The first-order chi connectivity index (χ1) is 19.9. The van der Waals surface area contributed by atoms with Crippen LogP contribution in [0.1, 0.15) is 25.3 Å². The zero-order chi connectivity index (χ0) is 29.5. The third-order valence-corrected chi connectivity index (χ3v) is 5.88. The van der Waals surface area contributed by atoms with Crippen LogP contribution in [-0.2, 0) is 19.2 Å². The molecule has 0 saturated heterocycles. The van der Waals surface area contributed by atoms with E-state index in [1.807, 2.05) is 72.8 Å². The molecule has 0 aliphatic carbocycles. The Morgan fingerprint density at radius 3 is 1.80 bits per heavy atom. The number of para-hydroxylation sites is 2. The molecular formula is C35H34O6. The lowest BCUT2D eigenvalue weighted by molar-refractivity contribution is -0.206. The summed E-state index contributed by atoms with van der Waals surface area (Å²) in [4.78, 5) is 31.6. The molecule has 0 radical (unpaired) electrons. The largest absolute Gasteiger partial charge is 0.489 e. The van der Waals surface area contributed by atoms with Crippen molar-refractivity contribution in [3.05, 3.63) is 134 Å². The number of esters is 1. The molecule has 0 spiro atoms. The van der Waals surface area contributed by atoms with Gasteiger partial charge in [-0.25, -0.2) is 14.5 Å². The molecule has 6 nitrogen and oxygen atoms in total. The number of carbonyl (C=O) groups is 2. The predicted molar refractivity (Wildman–Crippen MR) is 161 cm³/mol. The Hall–Kier alpha value is -5.10. The fourth-order valence-electron chi connectivity index (χ4n) is 3.75. The molecule has 4 aromatic rings. The molecule has 0 heterocycles. The Kier molecular flexibility index (Phi) is 12.0. The van der Waals surface area contributed by atoms with Crippen molar-refractivity contribution in [1.82, 2.24) is 0 Å². The molecule has 210 valence electrons. The molecule has 4 aromatic carbocycles. The molecule has 0 amide bonds. The number of benzene rings is 4. The lowest BCUT2D eigenvalue weighted by Crippen LogP contribution is -2.10. The molecule has 0 aliphatic rings. The van der Waals surface area contributed by atoms with E-state index in [1.54, 1.807) is 6.07 Å². The minimum Gasteiger partial charge on any atom is -0.489 e. The minimum absolute atomic E-state index is 0.200. The smallest absolute Gasteiger partial charge is 0.378 e. The van der Waals surface area contributed by atoms with Crippen LogP contribution in [0.4, 0.5) is 0 Å². The Labute approximate surface area is 241 Å². The summed E-state index contributed by atoms with van der Waals surface area (Å²) in [5, 5.41) is 0. The van der Waals surface area contributed by atoms with Crippen molar-refractivity contribution in [1.29, 1.82) is 0 Å². The molecule has 0 aromatic heterocycles. The third kappa shape index (κ3) is 9.55. The molecular weight excluding hydrogens is 516 g/mol. The van der Waals surface area contributed by atoms with Gasteiger partial charge in [0.05, 0.1) is 0 Å². The first-order valence-electron chi connectivity index (χ1n) is 13.2. The standard InChI is InChI=1S/C20H22O3.C15H12O3/c1-4-20(21)23-14-13-22-19-8-6-5-7-18(19)17-11-9-16(10-12-17)15(2)3;1-2-15(16)18-17-14-11-7-6-10-13(14)12-8-4-3-5-9-12/h4-12,15H,1,13-14H2,2-3H3;2-11H,1H2. The van der Waals surface area contributed by atoms with Gasteiger partial charge in [-0.2, -0.15) is 0 Å². The fourth-order valence-corrected chi connectivity index (χ4v) is 3.75. The van der Waals surface area contributed by atoms with Gasteiger partial charge in [0, 0.05) is 23.3 Å². The Bertz CT molecular complexity index is 1420. The summed E-state index contributed by atoms with van der Waals surface area (Å²) < 4.78 is 10.7. The quantitative estimate of drug-likeness (QED) is 0.0620. The number of ether oxygens (including phenoxy) is 2. The van der Waals surface area contributed by atoms with Crippen LogP contribution < -0.4 is 9.62 Å². The van der Waals surface area contributed by atoms with E-state index in [0.29, 0.717) is 18.3 Å². The van der Waals surface area contributed by atoms with E-state index in [2.05, 4.69) is 56.2 Å². The first-order valence-corrected chi connectivity index (χ1v) is 13.2. The Morgan fingerprint density at radius 2 is 1.20 bits per heavy atom. The number of carbonyl (C=O) groups excluding carboxylic acids is 2. The van der Waals surface area contributed by atoms with E-state index in [-0.39, 0.29) is 6.61 Å². The number of rotatable bonds is 11. The Morgan fingerprint density at radius 1 is 0.659 bits per heavy atom. The second-order valence-electron chi connectivity index (χ2n) is 9.04. The number of hydrogen-bond acceptors (Lipinski definition) is 6. The highest BCUT2D eigenvalue weighted by Gasteiger charge is 2.09. The van der Waals surface area contributed by atoms with Crippen LogP contribution in [0, 0.1) is 0 Å². The molecule has 0 atom stereocenters. The molecule has 0 bridgehead atoms. The normalized spacial score (nSPS) is 10.0. The Balaban J connectivity index is 0.000000232. The maximum Gasteiger partial charge on any atom is 0.378 e. The number of hydrogen-bond donors (Lipinski definition) is 0. The van der Waals surface area contributed by atoms with Crippen LogP contribution in [0.2, 0.25) is 0 Å². The highest BCUT2D eigenvalue weighted by molar-refractivity contribution is 5.81. The van der Waals surface area contributed by atoms with E-state index >= 15 is 0 Å². The molecule has 0 fully saturated rings. The van der Waals surface area contributed by atoms with Gasteiger partial charge in [0.1, 0.15) is 19.0 Å². The van der Waals surface area contributed by atoms with Crippen molar-refractivity contribution in [3.63, 3.8) is 0 Å². The summed E-state index contributed by atoms with van der Waals surface area (Å²) in [5.41, 5.74) is 5.28. The van der Waals surface area contributed by atoms with Gasteiger partial charge in [0.2, 0.25) is 0 Å². The van der Waals surface area contributed by atoms with Gasteiger partial charge in [0.25, 0.3) is 0 Å². The van der Waals surface area contributed by atoms with Crippen LogP contribution in [0.15, 0.2) is 128 Å². The SMILES string of the molecule is C=CC(=O)OCCOc1ccccc1-c1ccc(C(C)C)cc1.C=CC(=O)OOc1ccccc1-c1ccccc1. The van der Waals surface area contributed by atoms with Crippen LogP contribution in [0.5, 0.6) is 11.5 Å². The van der Waals surface area contributed by atoms with Crippen molar-refractivity contribution in [2.45, 2.75) is 19.8 Å². The average molecular weight is 551 g/mol. The molecule has 41 heavy (non-hydrogen) atoms. The zero-order valence-electron chi connectivity index (χ0n) is 23.3. The van der Waals surface area contributed by atoms with E-state index in [1.165, 1.54) is 5.56 Å². The van der Waals surface area contributed by atoms with E-state index in [0.717, 1.165) is 40.2 Å². The predicted octanol–water partition coefficient (Wildman–Crippen LogP) is 7.96. The van der Waals surface area contributed by atoms with Crippen LogP contribution in [0.25, 0.3) is 22.3 Å². The molecule has 0 N–H and O–H groups in total. The second kappa shape index (κ2) is 16.1. The van der Waals surface area contributed by atoms with Crippen molar-refractivity contribution in [3.8, 4) is 33.8 Å². The average Bonchev–Trinajstić information content (AvgIpc) is 3.03. The lowest BCUT2D eigenvalue weighted by atomic mass is 9.98. The summed E-state index contributed by atoms with van der Waals surface area (Å²) in [6, 6.07) is 33.4. The van der Waals surface area contributed by atoms with E-state index < -0.39 is 11.9 Å². The van der Waals surface area contributed by atoms with Gasteiger partial charge in [-0.1, -0.05) is 118 Å². The van der Waals surface area contributed by atoms with Gasteiger partial charge >= 0.3 is 11.9 Å². The van der Waals surface area contributed by atoms with Gasteiger partial charge in [-0.15, -0.1) is 0 Å². The van der Waals surface area contributed by atoms with Crippen molar-refractivity contribution < 1.29 is 28.8 Å². The topological polar surface area (TPSA) is 71.1 Å². The highest BCUT2D eigenvalue weighted by Crippen LogP contribution is 2.31. The highest BCUT2D eigenvalue weighted by atomic mass is 17.2. The lowest BCUT2D eigenvalue weighted by Gasteiger charge is -2.12. The molecule has 0 aliphatic heterocycles. The molecule has 4 rings (SSSR count). The molecule has 6 heteroatoms. The third-order valence-electron chi connectivity index (χ3n) is 5.88. The minimum atomic E-state index is -0.627. The van der Waals surface area contributed by atoms with Gasteiger partial charge in [-0.3, -0.25) is 4.89 Å². The summed E-state index contributed by atoms with van der Waals surface area (Å²) in [5.74, 6) is 0.706. The first kappa shape index (κ1) is 30.4.